The zero-order valence-electron chi connectivity index (χ0n) is 17.2. The molecule has 0 saturated heterocycles. The Morgan fingerprint density at radius 2 is 1.20 bits per heavy atom. The summed E-state index contributed by atoms with van der Waals surface area (Å²) in [7, 11) is 4.28. The Balaban J connectivity index is 1.83. The highest BCUT2D eigenvalue weighted by Gasteiger charge is 2.51. The lowest BCUT2D eigenvalue weighted by Crippen LogP contribution is -2.33. The summed E-state index contributed by atoms with van der Waals surface area (Å²) in [6, 6.07) is 32.7. The van der Waals surface area contributed by atoms with E-state index in [4.69, 9.17) is 4.74 Å². The van der Waals surface area contributed by atoms with E-state index in [9.17, 15) is 0 Å². The highest BCUT2D eigenvalue weighted by Crippen LogP contribution is 2.62. The molecule has 2 nitrogen and oxygen atoms in total. The number of para-hydroxylation sites is 2. The normalized spacial score (nSPS) is 14.6. The van der Waals surface area contributed by atoms with Gasteiger partial charge in [-0.05, 0) is 54.0 Å². The standard InChI is InChI=1S/C28H23NO/c1-29(2)18-19-10-9-12-21-20-11-3-4-13-22(20)28(27(19)21)23-14-5-7-16-25(23)30-26-17-8-6-15-24(26)28/h3-17H,18H2,1-2H3. The maximum absolute atomic E-state index is 6.40. The maximum Gasteiger partial charge on any atom is 0.132 e. The molecule has 0 aromatic heterocycles. The summed E-state index contributed by atoms with van der Waals surface area (Å²) in [6.07, 6.45) is 0. The zero-order chi connectivity index (χ0) is 20.3. The van der Waals surface area contributed by atoms with Crippen LogP contribution >= 0.6 is 0 Å². The van der Waals surface area contributed by atoms with Crippen molar-refractivity contribution in [3.8, 4) is 22.6 Å². The molecule has 0 amide bonds. The molecule has 0 atom stereocenters. The summed E-state index contributed by atoms with van der Waals surface area (Å²) in [4.78, 5) is 2.25. The van der Waals surface area contributed by atoms with Gasteiger partial charge in [-0.25, -0.2) is 0 Å². The van der Waals surface area contributed by atoms with Gasteiger partial charge in [0, 0.05) is 17.7 Å². The molecule has 0 fully saturated rings. The maximum atomic E-state index is 6.40. The Bertz CT molecular complexity index is 1240. The summed E-state index contributed by atoms with van der Waals surface area (Å²) < 4.78 is 6.40. The third-order valence-electron chi connectivity index (χ3n) is 6.44. The van der Waals surface area contributed by atoms with Gasteiger partial charge in [0.25, 0.3) is 0 Å². The molecule has 146 valence electrons. The van der Waals surface area contributed by atoms with Crippen molar-refractivity contribution < 1.29 is 4.74 Å². The van der Waals surface area contributed by atoms with Crippen LogP contribution in [0.3, 0.4) is 0 Å². The summed E-state index contributed by atoms with van der Waals surface area (Å²) >= 11 is 0. The van der Waals surface area contributed by atoms with Crippen LogP contribution in [0.4, 0.5) is 0 Å². The van der Waals surface area contributed by atoms with Crippen LogP contribution in [-0.2, 0) is 12.0 Å². The van der Waals surface area contributed by atoms with Gasteiger partial charge in [0.2, 0.25) is 0 Å². The molecule has 4 aromatic carbocycles. The molecule has 1 aliphatic heterocycles. The van der Waals surface area contributed by atoms with Gasteiger partial charge in [-0.15, -0.1) is 0 Å². The number of hydrogen-bond donors (Lipinski definition) is 0. The molecule has 0 bridgehead atoms. The van der Waals surface area contributed by atoms with Crippen LogP contribution in [0.15, 0.2) is 91.0 Å². The highest BCUT2D eigenvalue weighted by atomic mass is 16.5. The first-order chi connectivity index (χ1) is 14.7. The molecular weight excluding hydrogens is 366 g/mol. The second kappa shape index (κ2) is 6.32. The third-order valence-corrected chi connectivity index (χ3v) is 6.44. The molecule has 1 spiro atoms. The van der Waals surface area contributed by atoms with E-state index in [2.05, 4.69) is 110 Å². The van der Waals surface area contributed by atoms with E-state index in [0.717, 1.165) is 18.0 Å². The minimum Gasteiger partial charge on any atom is -0.457 e. The average Bonchev–Trinajstić information content (AvgIpc) is 3.06. The average molecular weight is 389 g/mol. The Morgan fingerprint density at radius 3 is 1.87 bits per heavy atom. The summed E-state index contributed by atoms with van der Waals surface area (Å²) in [6.45, 7) is 0.893. The molecule has 6 rings (SSSR count). The molecule has 30 heavy (non-hydrogen) atoms. The van der Waals surface area contributed by atoms with Crippen molar-refractivity contribution in [2.45, 2.75) is 12.0 Å². The van der Waals surface area contributed by atoms with Crippen LogP contribution < -0.4 is 4.74 Å². The van der Waals surface area contributed by atoms with Crippen LogP contribution in [0.2, 0.25) is 0 Å². The highest BCUT2D eigenvalue weighted by molar-refractivity contribution is 5.89. The van der Waals surface area contributed by atoms with Gasteiger partial charge >= 0.3 is 0 Å². The van der Waals surface area contributed by atoms with E-state index in [0.29, 0.717) is 0 Å². The molecule has 0 radical (unpaired) electrons. The first-order valence-corrected chi connectivity index (χ1v) is 10.4. The topological polar surface area (TPSA) is 12.5 Å². The van der Waals surface area contributed by atoms with E-state index >= 15 is 0 Å². The smallest absolute Gasteiger partial charge is 0.132 e. The van der Waals surface area contributed by atoms with Crippen molar-refractivity contribution in [2.24, 2.45) is 0 Å². The number of nitrogens with zero attached hydrogens (tertiary/aromatic N) is 1. The second-order valence-electron chi connectivity index (χ2n) is 8.47. The third kappa shape index (κ3) is 2.17. The Hall–Kier alpha value is -3.36. The Morgan fingerprint density at radius 1 is 0.633 bits per heavy atom. The molecule has 1 aliphatic carbocycles. The van der Waals surface area contributed by atoms with Crippen LogP contribution in [0, 0.1) is 0 Å². The Labute approximate surface area is 177 Å². The number of hydrogen-bond acceptors (Lipinski definition) is 2. The van der Waals surface area contributed by atoms with Crippen LogP contribution in [0.5, 0.6) is 11.5 Å². The number of benzene rings is 4. The lowest BCUT2D eigenvalue weighted by atomic mass is 9.65. The van der Waals surface area contributed by atoms with Gasteiger partial charge in [-0.3, -0.25) is 0 Å². The lowest BCUT2D eigenvalue weighted by Gasteiger charge is -2.40. The van der Waals surface area contributed by atoms with Crippen LogP contribution in [0.1, 0.15) is 27.8 Å². The van der Waals surface area contributed by atoms with Crippen LogP contribution in [0.25, 0.3) is 11.1 Å². The van der Waals surface area contributed by atoms with E-state index in [1.165, 1.54) is 38.9 Å². The molecule has 2 aliphatic rings. The lowest BCUT2D eigenvalue weighted by molar-refractivity contribution is 0.397. The molecular formula is C28H23NO. The number of ether oxygens (including phenoxy) is 1. The Kier molecular flexibility index (Phi) is 3.68. The fraction of sp³-hybridized carbons (Fsp3) is 0.143. The zero-order valence-corrected chi connectivity index (χ0v) is 17.2. The van der Waals surface area contributed by atoms with Crippen LogP contribution in [-0.4, -0.2) is 19.0 Å². The monoisotopic (exact) mass is 389 g/mol. The molecule has 0 N–H and O–H groups in total. The van der Waals surface area contributed by atoms with E-state index in [-0.39, 0.29) is 5.41 Å². The van der Waals surface area contributed by atoms with E-state index in [1.807, 2.05) is 0 Å². The summed E-state index contributed by atoms with van der Waals surface area (Å²) in [5.41, 5.74) is 8.82. The second-order valence-corrected chi connectivity index (χ2v) is 8.47. The fourth-order valence-electron chi connectivity index (χ4n) is 5.47. The van der Waals surface area contributed by atoms with Gasteiger partial charge in [0.15, 0.2) is 0 Å². The minimum absolute atomic E-state index is 0.371. The van der Waals surface area contributed by atoms with Gasteiger partial charge in [-0.1, -0.05) is 78.9 Å². The first kappa shape index (κ1) is 17.5. The first-order valence-electron chi connectivity index (χ1n) is 10.4. The van der Waals surface area contributed by atoms with Crippen molar-refractivity contribution in [3.05, 3.63) is 119 Å². The molecule has 0 saturated carbocycles. The van der Waals surface area contributed by atoms with Gasteiger partial charge in [0.05, 0.1) is 5.41 Å². The van der Waals surface area contributed by atoms with Crippen molar-refractivity contribution >= 4 is 0 Å². The number of fused-ring (bicyclic) bond motifs is 9. The molecule has 4 aromatic rings. The largest absolute Gasteiger partial charge is 0.457 e. The van der Waals surface area contributed by atoms with Gasteiger partial charge in [0.1, 0.15) is 11.5 Å². The van der Waals surface area contributed by atoms with E-state index in [1.54, 1.807) is 0 Å². The van der Waals surface area contributed by atoms with Crippen molar-refractivity contribution in [3.63, 3.8) is 0 Å². The summed E-state index contributed by atoms with van der Waals surface area (Å²) in [5, 5.41) is 0. The van der Waals surface area contributed by atoms with E-state index < -0.39 is 0 Å². The molecule has 1 heterocycles. The predicted octanol–water partition coefficient (Wildman–Crippen LogP) is 6.22. The van der Waals surface area contributed by atoms with Gasteiger partial charge in [-0.2, -0.15) is 0 Å². The fourth-order valence-corrected chi connectivity index (χ4v) is 5.47. The van der Waals surface area contributed by atoms with Crippen molar-refractivity contribution in [2.75, 3.05) is 14.1 Å². The van der Waals surface area contributed by atoms with Crippen molar-refractivity contribution in [1.82, 2.24) is 4.90 Å². The predicted molar refractivity (Wildman–Crippen MR) is 121 cm³/mol. The van der Waals surface area contributed by atoms with Gasteiger partial charge < -0.3 is 9.64 Å². The number of rotatable bonds is 2. The van der Waals surface area contributed by atoms with Crippen molar-refractivity contribution in [1.29, 1.82) is 0 Å². The summed E-state index contributed by atoms with van der Waals surface area (Å²) in [5.74, 6) is 1.89. The minimum atomic E-state index is -0.371. The quantitative estimate of drug-likeness (QED) is 0.349. The molecule has 0 unspecified atom stereocenters. The SMILES string of the molecule is CN(C)Cc1cccc2c1C1(c3ccccc3Oc3ccccc31)c1ccccc1-2. The molecule has 2 heteroatoms.